The van der Waals surface area contributed by atoms with Gasteiger partial charge in [-0.1, -0.05) is 6.07 Å². The van der Waals surface area contributed by atoms with Crippen molar-refractivity contribution in [1.29, 1.82) is 0 Å². The lowest BCUT2D eigenvalue weighted by molar-refractivity contribution is 0.628. The first kappa shape index (κ1) is 16.0. The third kappa shape index (κ3) is 2.36. The molecule has 0 aliphatic heterocycles. The van der Waals surface area contributed by atoms with Crippen molar-refractivity contribution in [3.05, 3.63) is 81.5 Å². The highest BCUT2D eigenvalue weighted by Crippen LogP contribution is 2.28. The first-order valence-corrected chi connectivity index (χ1v) is 7.97. The lowest BCUT2D eigenvalue weighted by Crippen LogP contribution is -2.38. The van der Waals surface area contributed by atoms with Gasteiger partial charge in [-0.15, -0.1) is 0 Å². The molecule has 0 spiro atoms. The van der Waals surface area contributed by atoms with Crippen molar-refractivity contribution in [2.45, 2.75) is 0 Å². The molecule has 0 saturated heterocycles. The minimum atomic E-state index is -0.457. The average molecular weight is 350 g/mol. The van der Waals surface area contributed by atoms with Crippen LogP contribution < -0.4 is 11.2 Å². The summed E-state index contributed by atoms with van der Waals surface area (Å²) in [6.07, 6.45) is 3.57. The minimum absolute atomic E-state index is 0.296. The van der Waals surface area contributed by atoms with Crippen molar-refractivity contribution in [3.63, 3.8) is 0 Å². The number of pyridine rings is 1. The number of halogens is 1. The molecule has 3 heterocycles. The van der Waals surface area contributed by atoms with Gasteiger partial charge in [0.25, 0.3) is 5.56 Å². The van der Waals surface area contributed by atoms with Gasteiger partial charge in [-0.2, -0.15) is 0 Å². The van der Waals surface area contributed by atoms with Crippen LogP contribution in [0.2, 0.25) is 0 Å². The molecule has 4 rings (SSSR count). The van der Waals surface area contributed by atoms with Crippen molar-refractivity contribution in [2.75, 3.05) is 0 Å². The van der Waals surface area contributed by atoms with E-state index in [0.717, 1.165) is 4.57 Å². The molecule has 0 aliphatic rings. The van der Waals surface area contributed by atoms with Crippen LogP contribution in [0.3, 0.4) is 0 Å². The van der Waals surface area contributed by atoms with Gasteiger partial charge in [-0.25, -0.2) is 14.2 Å². The van der Waals surface area contributed by atoms with Crippen LogP contribution in [0.4, 0.5) is 4.39 Å². The molecule has 4 aromatic rings. The molecule has 0 aliphatic carbocycles. The highest BCUT2D eigenvalue weighted by molar-refractivity contribution is 5.79. The second-order valence-electron chi connectivity index (χ2n) is 6.03. The number of rotatable bonds is 2. The molecule has 0 atom stereocenters. The van der Waals surface area contributed by atoms with E-state index in [1.165, 1.54) is 23.7 Å². The molecule has 0 fully saturated rings. The Balaban J connectivity index is 2.12. The zero-order valence-electron chi connectivity index (χ0n) is 14.2. The standard InChI is InChI=1S/C19H15FN4O2/c1-22-17(12-6-8-13(20)9-7-12)16(18(25)23(2)19(22)26)14-11-24-10-4-3-5-15(24)21-14/h3-11H,1-2H3. The monoisotopic (exact) mass is 350 g/mol. The average Bonchev–Trinajstić information content (AvgIpc) is 3.07. The van der Waals surface area contributed by atoms with Gasteiger partial charge < -0.3 is 4.40 Å². The molecule has 0 unspecified atom stereocenters. The van der Waals surface area contributed by atoms with Crippen LogP contribution in [0.15, 0.2) is 64.4 Å². The Kier molecular flexibility index (Phi) is 3.57. The van der Waals surface area contributed by atoms with Gasteiger partial charge in [0.05, 0.1) is 17.0 Å². The van der Waals surface area contributed by atoms with Crippen molar-refractivity contribution >= 4 is 5.65 Å². The summed E-state index contributed by atoms with van der Waals surface area (Å²) in [4.78, 5) is 29.9. The second kappa shape index (κ2) is 5.80. The molecule has 0 bridgehead atoms. The summed E-state index contributed by atoms with van der Waals surface area (Å²) < 4.78 is 17.6. The Morgan fingerprint density at radius 1 is 0.962 bits per heavy atom. The second-order valence-corrected chi connectivity index (χ2v) is 6.03. The van der Waals surface area contributed by atoms with E-state index in [1.807, 2.05) is 24.4 Å². The van der Waals surface area contributed by atoms with E-state index >= 15 is 0 Å². The van der Waals surface area contributed by atoms with Crippen molar-refractivity contribution < 1.29 is 4.39 Å². The number of nitrogens with zero attached hydrogens (tertiary/aromatic N) is 4. The Labute approximate surface area is 147 Å². The number of hydrogen-bond donors (Lipinski definition) is 0. The molecular weight excluding hydrogens is 335 g/mol. The van der Waals surface area contributed by atoms with E-state index < -0.39 is 17.1 Å². The summed E-state index contributed by atoms with van der Waals surface area (Å²) in [5.41, 5.74) is 1.50. The molecule has 0 saturated carbocycles. The first-order valence-electron chi connectivity index (χ1n) is 7.97. The maximum absolute atomic E-state index is 13.3. The Hall–Kier alpha value is -3.48. The summed E-state index contributed by atoms with van der Waals surface area (Å²) in [6, 6.07) is 11.2. The van der Waals surface area contributed by atoms with Crippen molar-refractivity contribution in [2.24, 2.45) is 14.1 Å². The maximum atomic E-state index is 13.3. The summed E-state index contributed by atoms with van der Waals surface area (Å²) in [6.45, 7) is 0. The molecule has 0 radical (unpaired) electrons. The molecule has 1 aromatic carbocycles. The summed E-state index contributed by atoms with van der Waals surface area (Å²) in [5.74, 6) is -0.392. The maximum Gasteiger partial charge on any atom is 0.330 e. The molecule has 0 amide bonds. The van der Waals surface area contributed by atoms with Crippen LogP contribution in [0.5, 0.6) is 0 Å². The SMILES string of the molecule is Cn1c(-c2ccc(F)cc2)c(-c2cn3ccccc3n2)c(=O)n(C)c1=O. The number of imidazole rings is 1. The van der Waals surface area contributed by atoms with Gasteiger partial charge in [0.1, 0.15) is 11.5 Å². The zero-order chi connectivity index (χ0) is 18.4. The van der Waals surface area contributed by atoms with Gasteiger partial charge in [-0.05, 0) is 42.0 Å². The Morgan fingerprint density at radius 2 is 1.69 bits per heavy atom. The van der Waals surface area contributed by atoms with Crippen LogP contribution in [0.25, 0.3) is 28.2 Å². The molecule has 26 heavy (non-hydrogen) atoms. The number of benzene rings is 1. The van der Waals surface area contributed by atoms with E-state index in [9.17, 15) is 14.0 Å². The van der Waals surface area contributed by atoms with Gasteiger partial charge in [0.2, 0.25) is 0 Å². The Bertz CT molecular complexity index is 1220. The minimum Gasteiger partial charge on any atom is -0.306 e. The smallest absolute Gasteiger partial charge is 0.306 e. The third-order valence-corrected chi connectivity index (χ3v) is 4.40. The molecule has 7 heteroatoms. The highest BCUT2D eigenvalue weighted by Gasteiger charge is 2.21. The van der Waals surface area contributed by atoms with E-state index in [0.29, 0.717) is 28.2 Å². The van der Waals surface area contributed by atoms with E-state index in [4.69, 9.17) is 0 Å². The third-order valence-electron chi connectivity index (χ3n) is 4.40. The first-order chi connectivity index (χ1) is 12.5. The predicted octanol–water partition coefficient (Wildman–Crippen LogP) is 2.20. The van der Waals surface area contributed by atoms with Crippen LogP contribution in [0, 0.1) is 5.82 Å². The molecule has 0 N–H and O–H groups in total. The van der Waals surface area contributed by atoms with Crippen molar-refractivity contribution in [3.8, 4) is 22.5 Å². The largest absolute Gasteiger partial charge is 0.330 e. The summed E-state index contributed by atoms with van der Waals surface area (Å²) in [5, 5.41) is 0. The topological polar surface area (TPSA) is 61.3 Å². The fraction of sp³-hybridized carbons (Fsp3) is 0.105. The van der Waals surface area contributed by atoms with Gasteiger partial charge in [0.15, 0.2) is 0 Å². The zero-order valence-corrected chi connectivity index (χ0v) is 14.2. The lowest BCUT2D eigenvalue weighted by atomic mass is 10.0. The molecular formula is C19H15FN4O2. The van der Waals surface area contributed by atoms with Crippen LogP contribution >= 0.6 is 0 Å². The van der Waals surface area contributed by atoms with E-state index in [-0.39, 0.29) is 0 Å². The summed E-state index contributed by atoms with van der Waals surface area (Å²) >= 11 is 0. The number of hydrogen-bond acceptors (Lipinski definition) is 3. The van der Waals surface area contributed by atoms with Crippen LogP contribution in [-0.2, 0) is 14.1 Å². The van der Waals surface area contributed by atoms with E-state index in [1.54, 1.807) is 29.8 Å². The molecule has 130 valence electrons. The molecule has 3 aromatic heterocycles. The lowest BCUT2D eigenvalue weighted by Gasteiger charge is -2.14. The summed E-state index contributed by atoms with van der Waals surface area (Å²) in [7, 11) is 3.01. The number of fused-ring (bicyclic) bond motifs is 1. The predicted molar refractivity (Wildman–Crippen MR) is 96.5 cm³/mol. The normalized spacial score (nSPS) is 11.2. The molecule has 6 nitrogen and oxygen atoms in total. The highest BCUT2D eigenvalue weighted by atomic mass is 19.1. The van der Waals surface area contributed by atoms with Gasteiger partial charge >= 0.3 is 5.69 Å². The fourth-order valence-corrected chi connectivity index (χ4v) is 3.08. The van der Waals surface area contributed by atoms with Crippen molar-refractivity contribution in [1.82, 2.24) is 18.5 Å². The van der Waals surface area contributed by atoms with Crippen LogP contribution in [-0.4, -0.2) is 18.5 Å². The Morgan fingerprint density at radius 3 is 2.38 bits per heavy atom. The van der Waals surface area contributed by atoms with E-state index in [2.05, 4.69) is 4.98 Å². The number of aromatic nitrogens is 4. The quantitative estimate of drug-likeness (QED) is 0.557. The fourth-order valence-electron chi connectivity index (χ4n) is 3.08. The van der Waals surface area contributed by atoms with Crippen LogP contribution in [0.1, 0.15) is 0 Å². The van der Waals surface area contributed by atoms with Gasteiger partial charge in [-0.3, -0.25) is 13.9 Å². The van der Waals surface area contributed by atoms with Gasteiger partial charge in [0, 0.05) is 26.5 Å².